The molecule has 0 saturated carbocycles. The Morgan fingerprint density at radius 3 is 2.05 bits per heavy atom. The molecular formula is C19H25N. The van der Waals surface area contributed by atoms with Crippen molar-refractivity contribution < 1.29 is 0 Å². The van der Waals surface area contributed by atoms with Crippen LogP contribution in [-0.2, 0) is 6.54 Å². The molecule has 1 heteroatoms. The van der Waals surface area contributed by atoms with E-state index in [1.54, 1.807) is 0 Å². The smallest absolute Gasteiger partial charge is 0.0346 e. The minimum atomic E-state index is 0.400. The third kappa shape index (κ3) is 3.94. The average Bonchev–Trinajstić information content (AvgIpc) is 2.38. The van der Waals surface area contributed by atoms with E-state index in [2.05, 4.69) is 81.5 Å². The van der Waals surface area contributed by atoms with Crippen LogP contribution in [0, 0.1) is 19.8 Å². The second kappa shape index (κ2) is 6.71. The van der Waals surface area contributed by atoms with E-state index >= 15 is 0 Å². The summed E-state index contributed by atoms with van der Waals surface area (Å²) in [4.78, 5) is 0. The zero-order valence-electron chi connectivity index (χ0n) is 13.0. The normalized spacial score (nSPS) is 12.7. The minimum absolute atomic E-state index is 0.400. The van der Waals surface area contributed by atoms with Crippen LogP contribution in [0.5, 0.6) is 0 Å². The van der Waals surface area contributed by atoms with Gasteiger partial charge in [-0.3, -0.25) is 0 Å². The van der Waals surface area contributed by atoms with Crippen LogP contribution in [0.1, 0.15) is 42.1 Å². The summed E-state index contributed by atoms with van der Waals surface area (Å²) < 4.78 is 0. The number of rotatable bonds is 5. The quantitative estimate of drug-likeness (QED) is 0.821. The van der Waals surface area contributed by atoms with Crippen molar-refractivity contribution in [3.63, 3.8) is 0 Å². The summed E-state index contributed by atoms with van der Waals surface area (Å²) in [6.45, 7) is 9.78. The predicted octanol–water partition coefficient (Wildman–Crippen LogP) is 4.79. The lowest BCUT2D eigenvalue weighted by atomic mass is 9.95. The maximum absolute atomic E-state index is 3.71. The summed E-state index contributed by atoms with van der Waals surface area (Å²) in [5.41, 5.74) is 5.40. The third-order valence-electron chi connectivity index (χ3n) is 3.63. The van der Waals surface area contributed by atoms with E-state index < -0.39 is 0 Å². The van der Waals surface area contributed by atoms with Crippen LogP contribution >= 0.6 is 0 Å². The van der Waals surface area contributed by atoms with Crippen molar-refractivity contribution in [2.24, 2.45) is 5.92 Å². The van der Waals surface area contributed by atoms with Gasteiger partial charge in [0.15, 0.2) is 0 Å². The Labute approximate surface area is 123 Å². The molecule has 20 heavy (non-hydrogen) atoms. The van der Waals surface area contributed by atoms with E-state index in [1.807, 2.05) is 0 Å². The minimum Gasteiger partial charge on any atom is -0.306 e. The van der Waals surface area contributed by atoms with Crippen LogP contribution in [0.2, 0.25) is 0 Å². The number of hydrogen-bond donors (Lipinski definition) is 1. The van der Waals surface area contributed by atoms with Crippen molar-refractivity contribution >= 4 is 0 Å². The molecule has 0 heterocycles. The van der Waals surface area contributed by atoms with Gasteiger partial charge < -0.3 is 5.32 Å². The Bertz CT molecular complexity index is 523. The van der Waals surface area contributed by atoms with Gasteiger partial charge in [0.25, 0.3) is 0 Å². The standard InChI is InChI=1S/C19H25N/c1-14(2)19(18-8-6-5-7-9-18)20-13-17-11-15(3)10-16(4)12-17/h5-12,14,19-20H,13H2,1-4H3. The van der Waals surface area contributed by atoms with Crippen LogP contribution in [0.4, 0.5) is 0 Å². The van der Waals surface area contributed by atoms with E-state index in [0.29, 0.717) is 12.0 Å². The fourth-order valence-corrected chi connectivity index (χ4v) is 2.80. The molecule has 0 aliphatic rings. The second-order valence-corrected chi connectivity index (χ2v) is 6.01. The summed E-state index contributed by atoms with van der Waals surface area (Å²) in [7, 11) is 0. The second-order valence-electron chi connectivity index (χ2n) is 6.01. The molecule has 1 N–H and O–H groups in total. The molecule has 0 amide bonds. The largest absolute Gasteiger partial charge is 0.306 e. The van der Waals surface area contributed by atoms with Crippen molar-refractivity contribution in [1.82, 2.24) is 5.32 Å². The number of nitrogens with one attached hydrogen (secondary N) is 1. The van der Waals surface area contributed by atoms with Gasteiger partial charge in [-0.25, -0.2) is 0 Å². The molecule has 0 aliphatic heterocycles. The fourth-order valence-electron chi connectivity index (χ4n) is 2.80. The third-order valence-corrected chi connectivity index (χ3v) is 3.63. The molecule has 0 spiro atoms. The first-order valence-corrected chi connectivity index (χ1v) is 7.42. The predicted molar refractivity (Wildman–Crippen MR) is 86.8 cm³/mol. The van der Waals surface area contributed by atoms with Gasteiger partial charge in [0.1, 0.15) is 0 Å². The molecule has 2 rings (SSSR count). The highest BCUT2D eigenvalue weighted by Crippen LogP contribution is 2.22. The molecule has 2 aromatic carbocycles. The molecule has 0 bridgehead atoms. The van der Waals surface area contributed by atoms with Crippen molar-refractivity contribution in [2.75, 3.05) is 0 Å². The summed E-state index contributed by atoms with van der Waals surface area (Å²) in [5, 5.41) is 3.71. The zero-order chi connectivity index (χ0) is 14.5. The van der Waals surface area contributed by atoms with Gasteiger partial charge in [0.2, 0.25) is 0 Å². The lowest BCUT2D eigenvalue weighted by molar-refractivity contribution is 0.410. The number of aryl methyl sites for hydroxylation is 2. The van der Waals surface area contributed by atoms with Gasteiger partial charge in [0.05, 0.1) is 0 Å². The van der Waals surface area contributed by atoms with E-state index in [-0.39, 0.29) is 0 Å². The highest BCUT2D eigenvalue weighted by atomic mass is 14.9. The van der Waals surface area contributed by atoms with Crippen molar-refractivity contribution in [3.8, 4) is 0 Å². The summed E-state index contributed by atoms with van der Waals surface area (Å²) >= 11 is 0. The van der Waals surface area contributed by atoms with Gasteiger partial charge in [-0.1, -0.05) is 73.5 Å². The SMILES string of the molecule is Cc1cc(C)cc(CNC(c2ccccc2)C(C)C)c1. The highest BCUT2D eigenvalue weighted by Gasteiger charge is 2.14. The van der Waals surface area contributed by atoms with Gasteiger partial charge >= 0.3 is 0 Å². The molecule has 0 fully saturated rings. The van der Waals surface area contributed by atoms with Crippen molar-refractivity contribution in [1.29, 1.82) is 0 Å². The Morgan fingerprint density at radius 1 is 0.900 bits per heavy atom. The van der Waals surface area contributed by atoms with E-state index in [1.165, 1.54) is 22.3 Å². The van der Waals surface area contributed by atoms with Crippen LogP contribution in [-0.4, -0.2) is 0 Å². The average molecular weight is 267 g/mol. The monoisotopic (exact) mass is 267 g/mol. The molecule has 1 unspecified atom stereocenters. The Hall–Kier alpha value is -1.60. The van der Waals surface area contributed by atoms with Gasteiger partial charge in [0, 0.05) is 12.6 Å². The topological polar surface area (TPSA) is 12.0 Å². The number of benzene rings is 2. The lowest BCUT2D eigenvalue weighted by Gasteiger charge is -2.23. The summed E-state index contributed by atoms with van der Waals surface area (Å²) in [6.07, 6.45) is 0. The zero-order valence-corrected chi connectivity index (χ0v) is 13.0. The molecular weight excluding hydrogens is 242 g/mol. The van der Waals surface area contributed by atoms with E-state index in [0.717, 1.165) is 6.54 Å². The van der Waals surface area contributed by atoms with Crippen LogP contribution in [0.25, 0.3) is 0 Å². The Morgan fingerprint density at radius 2 is 1.50 bits per heavy atom. The Balaban J connectivity index is 2.10. The number of hydrogen-bond acceptors (Lipinski definition) is 1. The molecule has 1 nitrogen and oxygen atoms in total. The van der Waals surface area contributed by atoms with E-state index in [4.69, 9.17) is 0 Å². The first-order valence-electron chi connectivity index (χ1n) is 7.42. The molecule has 0 aliphatic carbocycles. The molecule has 1 atom stereocenters. The maximum Gasteiger partial charge on any atom is 0.0346 e. The highest BCUT2D eigenvalue weighted by molar-refractivity contribution is 5.29. The molecule has 106 valence electrons. The molecule has 0 radical (unpaired) electrons. The van der Waals surface area contributed by atoms with Gasteiger partial charge in [-0.2, -0.15) is 0 Å². The first-order chi connectivity index (χ1) is 9.56. The van der Waals surface area contributed by atoms with Crippen LogP contribution in [0.3, 0.4) is 0 Å². The maximum atomic E-state index is 3.71. The Kier molecular flexibility index (Phi) is 4.97. The molecule has 0 saturated heterocycles. The summed E-state index contributed by atoms with van der Waals surface area (Å²) in [6, 6.07) is 17.9. The first kappa shape index (κ1) is 14.8. The van der Waals surface area contributed by atoms with Crippen LogP contribution < -0.4 is 5.32 Å². The van der Waals surface area contributed by atoms with Gasteiger partial charge in [-0.05, 0) is 30.9 Å². The van der Waals surface area contributed by atoms with Gasteiger partial charge in [-0.15, -0.1) is 0 Å². The lowest BCUT2D eigenvalue weighted by Crippen LogP contribution is -2.25. The fraction of sp³-hybridized carbons (Fsp3) is 0.368. The molecule has 0 aromatic heterocycles. The summed E-state index contributed by atoms with van der Waals surface area (Å²) in [5.74, 6) is 0.573. The van der Waals surface area contributed by atoms with E-state index in [9.17, 15) is 0 Å². The van der Waals surface area contributed by atoms with Crippen molar-refractivity contribution in [2.45, 2.75) is 40.3 Å². The molecule has 2 aromatic rings. The van der Waals surface area contributed by atoms with Crippen LogP contribution in [0.15, 0.2) is 48.5 Å². The van der Waals surface area contributed by atoms with Crippen molar-refractivity contribution in [3.05, 3.63) is 70.8 Å².